The number of aromatic hydroxyl groups is 1. The lowest BCUT2D eigenvalue weighted by molar-refractivity contribution is -0.129. The number of likely N-dealkylation sites (tertiary alicyclic amines) is 1. The molecule has 6 nitrogen and oxygen atoms in total. The topological polar surface area (TPSA) is 71.2 Å². The van der Waals surface area contributed by atoms with Crippen molar-refractivity contribution >= 4 is 33.6 Å². The van der Waals surface area contributed by atoms with E-state index in [1.807, 2.05) is 34.6 Å². The van der Waals surface area contributed by atoms with Gasteiger partial charge in [-0.05, 0) is 62.4 Å². The number of rotatable bonds is 5. The molecule has 0 atom stereocenters. The molecule has 1 N–H and O–H groups in total. The van der Waals surface area contributed by atoms with E-state index in [1.165, 1.54) is 11.8 Å². The summed E-state index contributed by atoms with van der Waals surface area (Å²) in [6.45, 7) is 7.98. The normalized spacial score (nSPS) is 14.7. The number of aromatic nitrogens is 3. The Morgan fingerprint density at radius 1 is 1.16 bits per heavy atom. The van der Waals surface area contributed by atoms with Crippen LogP contribution in [0.4, 0.5) is 0 Å². The molecule has 8 heteroatoms. The first kappa shape index (κ1) is 22.9. The van der Waals surface area contributed by atoms with Gasteiger partial charge in [-0.15, -0.1) is 10.2 Å². The van der Waals surface area contributed by atoms with Crippen LogP contribution < -0.4 is 0 Å². The lowest BCUT2D eigenvalue weighted by atomic mass is 9.99. The Balaban J connectivity index is 1.69. The molecule has 1 aliphatic rings. The summed E-state index contributed by atoms with van der Waals surface area (Å²) in [5, 5.41) is 20.0. The van der Waals surface area contributed by atoms with Gasteiger partial charge in [0, 0.05) is 17.6 Å². The molecule has 0 aliphatic carbocycles. The van der Waals surface area contributed by atoms with Crippen LogP contribution in [0, 0.1) is 19.8 Å². The third kappa shape index (κ3) is 4.86. The fraction of sp³-hybridized carbons (Fsp3) is 0.375. The average Bonchev–Trinajstić information content (AvgIpc) is 3.17. The van der Waals surface area contributed by atoms with E-state index < -0.39 is 0 Å². The first-order chi connectivity index (χ1) is 15.3. The zero-order valence-electron chi connectivity index (χ0n) is 18.5. The number of phenols is 1. The lowest BCUT2D eigenvalue weighted by Gasteiger charge is -2.30. The molecule has 1 aromatic heterocycles. The van der Waals surface area contributed by atoms with Gasteiger partial charge in [-0.2, -0.15) is 0 Å². The summed E-state index contributed by atoms with van der Waals surface area (Å²) in [5.41, 5.74) is 3.74. The van der Waals surface area contributed by atoms with Crippen molar-refractivity contribution in [2.45, 2.75) is 38.8 Å². The molecule has 32 heavy (non-hydrogen) atoms. The smallest absolute Gasteiger partial charge is 0.233 e. The van der Waals surface area contributed by atoms with Crippen molar-refractivity contribution in [3.8, 4) is 22.8 Å². The number of hydrogen-bond donors (Lipinski definition) is 1. The molecular formula is C24H27BrN4O2S. The van der Waals surface area contributed by atoms with E-state index in [0.29, 0.717) is 28.2 Å². The first-order valence-corrected chi connectivity index (χ1v) is 12.5. The van der Waals surface area contributed by atoms with E-state index in [4.69, 9.17) is 0 Å². The van der Waals surface area contributed by atoms with E-state index in [1.54, 1.807) is 12.1 Å². The number of benzene rings is 2. The number of aryl methyl sites for hydroxylation is 2. The summed E-state index contributed by atoms with van der Waals surface area (Å²) in [7, 11) is 0. The Hall–Kier alpha value is -2.32. The first-order valence-electron chi connectivity index (χ1n) is 10.8. The van der Waals surface area contributed by atoms with Gasteiger partial charge < -0.3 is 10.0 Å². The van der Waals surface area contributed by atoms with Gasteiger partial charge in [0.05, 0.1) is 17.0 Å². The number of nitrogens with zero attached hydrogens (tertiary/aromatic N) is 4. The zero-order valence-corrected chi connectivity index (χ0v) is 20.9. The van der Waals surface area contributed by atoms with Gasteiger partial charge in [-0.3, -0.25) is 9.36 Å². The molecule has 0 saturated carbocycles. The van der Waals surface area contributed by atoms with Gasteiger partial charge in [-0.25, -0.2) is 0 Å². The van der Waals surface area contributed by atoms with E-state index in [0.717, 1.165) is 47.2 Å². The van der Waals surface area contributed by atoms with Gasteiger partial charge in [0.25, 0.3) is 0 Å². The average molecular weight is 515 g/mol. The lowest BCUT2D eigenvalue weighted by Crippen LogP contribution is -2.38. The van der Waals surface area contributed by atoms with Gasteiger partial charge >= 0.3 is 0 Å². The summed E-state index contributed by atoms with van der Waals surface area (Å²) in [6, 6.07) is 11.4. The fourth-order valence-corrected chi connectivity index (χ4v) is 5.18. The van der Waals surface area contributed by atoms with E-state index in [-0.39, 0.29) is 11.7 Å². The molecule has 0 radical (unpaired) electrons. The molecule has 2 heterocycles. The van der Waals surface area contributed by atoms with E-state index in [2.05, 4.69) is 46.0 Å². The number of carbonyl (C=O) groups excluding carboxylic acids is 1. The SMILES string of the molecule is Cc1ccc(-n2c(SCC(=O)N3CCC(C)CC3)nnc2-c2cc(Br)ccc2O)c(C)c1. The second kappa shape index (κ2) is 9.67. The van der Waals surface area contributed by atoms with Crippen LogP contribution in [0.5, 0.6) is 5.75 Å². The van der Waals surface area contributed by atoms with Crippen molar-refractivity contribution < 1.29 is 9.90 Å². The van der Waals surface area contributed by atoms with Crippen molar-refractivity contribution in [3.05, 3.63) is 52.0 Å². The molecule has 0 bridgehead atoms. The standard InChI is InChI=1S/C24H27BrN4O2S/c1-15-8-10-28(11-9-15)22(31)14-32-24-27-26-23(19-13-18(25)5-7-21(19)30)29(24)20-6-4-16(2)12-17(20)3/h4-7,12-13,15,30H,8-11,14H2,1-3H3. The molecule has 2 aromatic carbocycles. The number of halogens is 1. The highest BCUT2D eigenvalue weighted by Gasteiger charge is 2.24. The van der Waals surface area contributed by atoms with Crippen molar-refractivity contribution in [1.29, 1.82) is 0 Å². The van der Waals surface area contributed by atoms with E-state index in [9.17, 15) is 9.90 Å². The van der Waals surface area contributed by atoms with Gasteiger partial charge in [0.1, 0.15) is 5.75 Å². The van der Waals surface area contributed by atoms with Crippen LogP contribution in [0.2, 0.25) is 0 Å². The van der Waals surface area contributed by atoms with Gasteiger partial charge in [-0.1, -0.05) is 52.3 Å². The van der Waals surface area contributed by atoms with Crippen molar-refractivity contribution in [2.24, 2.45) is 5.92 Å². The highest BCUT2D eigenvalue weighted by Crippen LogP contribution is 2.35. The fourth-order valence-electron chi connectivity index (χ4n) is 3.97. The van der Waals surface area contributed by atoms with Crippen molar-refractivity contribution in [1.82, 2.24) is 19.7 Å². The highest BCUT2D eigenvalue weighted by atomic mass is 79.9. The van der Waals surface area contributed by atoms with Crippen LogP contribution in [-0.2, 0) is 4.79 Å². The van der Waals surface area contributed by atoms with Crippen LogP contribution in [-0.4, -0.2) is 49.5 Å². The van der Waals surface area contributed by atoms with Crippen LogP contribution >= 0.6 is 27.7 Å². The molecular weight excluding hydrogens is 488 g/mol. The van der Waals surface area contributed by atoms with Crippen molar-refractivity contribution in [3.63, 3.8) is 0 Å². The highest BCUT2D eigenvalue weighted by molar-refractivity contribution is 9.10. The van der Waals surface area contributed by atoms with Crippen LogP contribution in [0.25, 0.3) is 17.1 Å². The van der Waals surface area contributed by atoms with Crippen molar-refractivity contribution in [2.75, 3.05) is 18.8 Å². The number of thioether (sulfide) groups is 1. The number of carbonyl (C=O) groups is 1. The minimum atomic E-state index is 0.127. The Morgan fingerprint density at radius 3 is 2.62 bits per heavy atom. The monoisotopic (exact) mass is 514 g/mol. The number of amides is 1. The summed E-state index contributed by atoms with van der Waals surface area (Å²) >= 11 is 4.87. The van der Waals surface area contributed by atoms with Gasteiger partial charge in [0.15, 0.2) is 11.0 Å². The second-order valence-corrected chi connectivity index (χ2v) is 10.3. The molecule has 0 unspecified atom stereocenters. The summed E-state index contributed by atoms with van der Waals surface area (Å²) < 4.78 is 2.77. The zero-order chi connectivity index (χ0) is 22.8. The Bertz CT molecular complexity index is 1140. The maximum absolute atomic E-state index is 12.8. The minimum Gasteiger partial charge on any atom is -0.507 e. The van der Waals surface area contributed by atoms with Crippen LogP contribution in [0.1, 0.15) is 30.9 Å². The quantitative estimate of drug-likeness (QED) is 0.463. The number of hydrogen-bond acceptors (Lipinski definition) is 5. The molecule has 1 fully saturated rings. The van der Waals surface area contributed by atoms with Crippen LogP contribution in [0.3, 0.4) is 0 Å². The molecule has 1 saturated heterocycles. The molecule has 4 rings (SSSR count). The number of phenolic OH excluding ortho intramolecular Hbond substituents is 1. The third-order valence-corrected chi connectivity index (χ3v) is 7.29. The maximum atomic E-state index is 12.8. The van der Waals surface area contributed by atoms with Crippen LogP contribution in [0.15, 0.2) is 46.0 Å². The summed E-state index contributed by atoms with van der Waals surface area (Å²) in [6.07, 6.45) is 2.11. The minimum absolute atomic E-state index is 0.127. The second-order valence-electron chi connectivity index (χ2n) is 8.44. The number of piperidine rings is 1. The van der Waals surface area contributed by atoms with Gasteiger partial charge in [0.2, 0.25) is 5.91 Å². The molecule has 1 aliphatic heterocycles. The largest absolute Gasteiger partial charge is 0.507 e. The third-order valence-electron chi connectivity index (χ3n) is 5.89. The molecule has 0 spiro atoms. The van der Waals surface area contributed by atoms with E-state index >= 15 is 0 Å². The maximum Gasteiger partial charge on any atom is 0.233 e. The summed E-state index contributed by atoms with van der Waals surface area (Å²) in [4.78, 5) is 14.8. The Morgan fingerprint density at radius 2 is 1.91 bits per heavy atom. The molecule has 3 aromatic rings. The molecule has 168 valence electrons. The summed E-state index contributed by atoms with van der Waals surface area (Å²) in [5.74, 6) is 1.78. The predicted octanol–water partition coefficient (Wildman–Crippen LogP) is 5.37. The Kier molecular flexibility index (Phi) is 6.90. The molecule has 1 amide bonds. The predicted molar refractivity (Wildman–Crippen MR) is 131 cm³/mol. The Labute approximate surface area is 201 Å².